The van der Waals surface area contributed by atoms with Crippen LogP contribution in [-0.2, 0) is 0 Å². The van der Waals surface area contributed by atoms with Gasteiger partial charge in [0, 0.05) is 19.2 Å². The molecule has 110 valence electrons. The van der Waals surface area contributed by atoms with Crippen molar-refractivity contribution < 1.29 is 10.0 Å². The van der Waals surface area contributed by atoms with Crippen LogP contribution < -0.4 is 16.1 Å². The van der Waals surface area contributed by atoms with Gasteiger partial charge in [0.25, 0.3) is 11.2 Å². The molecule has 1 saturated heterocycles. The summed E-state index contributed by atoms with van der Waals surface area (Å²) in [5.74, 6) is 0. The summed E-state index contributed by atoms with van der Waals surface area (Å²) in [6.45, 7) is 0.738. The summed E-state index contributed by atoms with van der Waals surface area (Å²) in [4.78, 5) is 39.8. The highest BCUT2D eigenvalue weighted by atomic mass is 16.6. The number of aromatic nitrogens is 2. The quantitative estimate of drug-likeness (QED) is 0.514. The number of β-amino-alcohol motifs (C(OH)–C–C–N with tert-alkyl or cyclic N) is 1. The molecule has 0 unspecified atom stereocenters. The SMILES string of the molecule is O=c1[nH]c(=O)c2cc(N3CC[C@H](O)C3)c([N+](=O)[O-])cc2[nH]1. The third kappa shape index (κ3) is 2.27. The number of nitro groups is 1. The van der Waals surface area contributed by atoms with E-state index in [4.69, 9.17) is 0 Å². The van der Waals surface area contributed by atoms with Crippen molar-refractivity contribution in [1.82, 2.24) is 9.97 Å². The Morgan fingerprint density at radius 2 is 2.10 bits per heavy atom. The van der Waals surface area contributed by atoms with Crippen LogP contribution in [0.4, 0.5) is 11.4 Å². The summed E-state index contributed by atoms with van der Waals surface area (Å²) in [5.41, 5.74) is -1.16. The number of hydrogen-bond acceptors (Lipinski definition) is 6. The minimum Gasteiger partial charge on any atom is -0.391 e. The van der Waals surface area contributed by atoms with E-state index in [1.54, 1.807) is 4.90 Å². The Hall–Kier alpha value is -2.68. The third-order valence-corrected chi connectivity index (χ3v) is 3.54. The number of anilines is 1. The highest BCUT2D eigenvalue weighted by Gasteiger charge is 2.27. The van der Waals surface area contributed by atoms with Crippen LogP contribution in [0.15, 0.2) is 21.7 Å². The number of nitro benzene ring substituents is 1. The molecule has 1 aliphatic heterocycles. The van der Waals surface area contributed by atoms with E-state index in [-0.39, 0.29) is 28.8 Å². The second-order valence-electron chi connectivity index (χ2n) is 4.94. The number of nitrogens with one attached hydrogen (secondary N) is 2. The van der Waals surface area contributed by atoms with Crippen molar-refractivity contribution in [1.29, 1.82) is 0 Å². The molecule has 21 heavy (non-hydrogen) atoms. The Morgan fingerprint density at radius 1 is 1.33 bits per heavy atom. The molecule has 3 N–H and O–H groups in total. The highest BCUT2D eigenvalue weighted by Crippen LogP contribution is 2.33. The molecule has 9 heteroatoms. The maximum absolute atomic E-state index is 11.8. The summed E-state index contributed by atoms with van der Waals surface area (Å²) in [6, 6.07) is 2.55. The molecule has 1 aromatic heterocycles. The number of nitrogens with zero attached hydrogens (tertiary/aromatic N) is 2. The standard InChI is InChI=1S/C12H12N4O5/c17-6-1-2-15(5-6)9-3-7-8(4-10(9)16(20)21)13-12(19)14-11(7)18/h3-4,6,17H,1-2,5H2,(H2,13,14,18,19)/t6-/m0/s1. The first kappa shape index (κ1) is 13.3. The van der Waals surface area contributed by atoms with E-state index >= 15 is 0 Å². The lowest BCUT2D eigenvalue weighted by Crippen LogP contribution is -2.24. The van der Waals surface area contributed by atoms with E-state index in [1.807, 2.05) is 0 Å². The lowest BCUT2D eigenvalue weighted by atomic mass is 10.1. The molecule has 3 rings (SSSR count). The molecule has 2 aromatic rings. The lowest BCUT2D eigenvalue weighted by molar-refractivity contribution is -0.384. The zero-order valence-electron chi connectivity index (χ0n) is 10.8. The van der Waals surface area contributed by atoms with Crippen LogP contribution >= 0.6 is 0 Å². The predicted molar refractivity (Wildman–Crippen MR) is 74.7 cm³/mol. The van der Waals surface area contributed by atoms with Crippen molar-refractivity contribution in [2.75, 3.05) is 18.0 Å². The number of benzene rings is 1. The van der Waals surface area contributed by atoms with Gasteiger partial charge in [0.1, 0.15) is 5.69 Å². The first-order chi connectivity index (χ1) is 9.95. The molecule has 1 aromatic carbocycles. The van der Waals surface area contributed by atoms with Gasteiger partial charge >= 0.3 is 5.69 Å². The second kappa shape index (κ2) is 4.70. The van der Waals surface area contributed by atoms with Gasteiger partial charge in [0.05, 0.1) is 21.9 Å². The molecule has 1 aliphatic rings. The topological polar surface area (TPSA) is 132 Å². The minimum absolute atomic E-state index is 0.110. The Labute approximate surface area is 117 Å². The fourth-order valence-electron chi connectivity index (χ4n) is 2.55. The number of fused-ring (bicyclic) bond motifs is 1. The minimum atomic E-state index is -0.717. The zero-order valence-corrected chi connectivity index (χ0v) is 10.8. The first-order valence-electron chi connectivity index (χ1n) is 6.33. The third-order valence-electron chi connectivity index (χ3n) is 3.54. The molecule has 0 aliphatic carbocycles. The summed E-state index contributed by atoms with van der Waals surface area (Å²) >= 11 is 0. The van der Waals surface area contributed by atoms with Gasteiger partial charge in [-0.25, -0.2) is 4.79 Å². The van der Waals surface area contributed by atoms with Crippen LogP contribution in [0.3, 0.4) is 0 Å². The maximum Gasteiger partial charge on any atom is 0.326 e. The van der Waals surface area contributed by atoms with Gasteiger partial charge < -0.3 is 15.0 Å². The Bertz CT molecular complexity index is 840. The Balaban J connectivity index is 2.27. The fourth-order valence-corrected chi connectivity index (χ4v) is 2.55. The van der Waals surface area contributed by atoms with Crippen LogP contribution in [0.2, 0.25) is 0 Å². The van der Waals surface area contributed by atoms with Gasteiger partial charge in [0.15, 0.2) is 0 Å². The Kier molecular flexibility index (Phi) is 2.98. The molecular weight excluding hydrogens is 280 g/mol. The molecule has 9 nitrogen and oxygen atoms in total. The van der Waals surface area contributed by atoms with E-state index < -0.39 is 22.3 Å². The van der Waals surface area contributed by atoms with Crippen molar-refractivity contribution in [3.63, 3.8) is 0 Å². The first-order valence-corrected chi connectivity index (χ1v) is 6.33. The van der Waals surface area contributed by atoms with Crippen LogP contribution in [0.25, 0.3) is 10.9 Å². The van der Waals surface area contributed by atoms with Crippen LogP contribution in [0.5, 0.6) is 0 Å². The number of aromatic amines is 2. The van der Waals surface area contributed by atoms with E-state index in [0.717, 1.165) is 0 Å². The highest BCUT2D eigenvalue weighted by molar-refractivity contribution is 5.87. The summed E-state index contributed by atoms with van der Waals surface area (Å²) in [7, 11) is 0. The molecule has 1 fully saturated rings. The van der Waals surface area contributed by atoms with Crippen LogP contribution in [-0.4, -0.2) is 39.2 Å². The van der Waals surface area contributed by atoms with Crippen molar-refractivity contribution in [3.8, 4) is 0 Å². The van der Waals surface area contributed by atoms with Crippen LogP contribution in [0, 0.1) is 10.1 Å². The van der Waals surface area contributed by atoms with Crippen molar-refractivity contribution in [3.05, 3.63) is 43.1 Å². The van der Waals surface area contributed by atoms with Gasteiger partial charge in [0.2, 0.25) is 0 Å². The Morgan fingerprint density at radius 3 is 2.71 bits per heavy atom. The van der Waals surface area contributed by atoms with Gasteiger partial charge in [-0.1, -0.05) is 0 Å². The number of H-pyrrole nitrogens is 2. The average molecular weight is 292 g/mol. The predicted octanol–water partition coefficient (Wildman–Crippen LogP) is -0.304. The molecule has 0 spiro atoms. The molecular formula is C12H12N4O5. The number of rotatable bonds is 2. The summed E-state index contributed by atoms with van der Waals surface area (Å²) < 4.78 is 0. The van der Waals surface area contributed by atoms with Crippen molar-refractivity contribution in [2.45, 2.75) is 12.5 Å². The monoisotopic (exact) mass is 292 g/mol. The van der Waals surface area contributed by atoms with E-state index in [9.17, 15) is 24.8 Å². The second-order valence-corrected chi connectivity index (χ2v) is 4.94. The van der Waals surface area contributed by atoms with E-state index in [0.29, 0.717) is 13.0 Å². The smallest absolute Gasteiger partial charge is 0.326 e. The molecule has 2 heterocycles. The number of aliphatic hydroxyl groups is 1. The fraction of sp³-hybridized carbons (Fsp3) is 0.333. The normalized spacial score (nSPS) is 18.3. The van der Waals surface area contributed by atoms with E-state index in [2.05, 4.69) is 9.97 Å². The largest absolute Gasteiger partial charge is 0.391 e. The summed E-state index contributed by atoms with van der Waals surface area (Å²) in [6.07, 6.45) is -0.0360. The molecule has 1 atom stereocenters. The van der Waals surface area contributed by atoms with Gasteiger partial charge in [-0.3, -0.25) is 19.9 Å². The molecule has 0 amide bonds. The zero-order chi connectivity index (χ0) is 15.1. The molecule has 0 saturated carbocycles. The number of aliphatic hydroxyl groups excluding tert-OH is 1. The van der Waals surface area contributed by atoms with Gasteiger partial charge in [-0.05, 0) is 12.5 Å². The number of hydrogen-bond donors (Lipinski definition) is 3. The van der Waals surface area contributed by atoms with E-state index in [1.165, 1.54) is 12.1 Å². The van der Waals surface area contributed by atoms with Crippen LogP contribution in [0.1, 0.15) is 6.42 Å². The molecule has 0 radical (unpaired) electrons. The summed E-state index contributed by atoms with van der Waals surface area (Å²) in [5, 5.41) is 20.9. The maximum atomic E-state index is 11.8. The molecule has 0 bridgehead atoms. The van der Waals surface area contributed by atoms with Crippen molar-refractivity contribution in [2.24, 2.45) is 0 Å². The lowest BCUT2D eigenvalue weighted by Gasteiger charge is -2.18. The van der Waals surface area contributed by atoms with Crippen molar-refractivity contribution >= 4 is 22.3 Å². The van der Waals surface area contributed by atoms with Gasteiger partial charge in [-0.2, -0.15) is 0 Å². The average Bonchev–Trinajstić information content (AvgIpc) is 2.83. The van der Waals surface area contributed by atoms with Gasteiger partial charge in [-0.15, -0.1) is 0 Å².